The number of nitrogens with zero attached hydrogens (tertiary/aromatic N) is 4. The fraction of sp³-hybridized carbons (Fsp3) is 0.417. The van der Waals surface area contributed by atoms with Gasteiger partial charge in [0.25, 0.3) is 0 Å². The highest BCUT2D eigenvalue weighted by atomic mass is 35.5. The first-order valence-corrected chi connectivity index (χ1v) is 6.51. The van der Waals surface area contributed by atoms with Gasteiger partial charge in [0.05, 0.1) is 12.4 Å². The van der Waals surface area contributed by atoms with Crippen LogP contribution in [0, 0.1) is 5.92 Å². The first kappa shape index (κ1) is 12.4. The first-order chi connectivity index (χ1) is 9.19. The van der Waals surface area contributed by atoms with E-state index in [1.54, 1.807) is 6.33 Å². The van der Waals surface area contributed by atoms with Crippen molar-refractivity contribution in [2.24, 2.45) is 5.92 Å². The molecule has 2 aromatic heterocycles. The van der Waals surface area contributed by atoms with Crippen LogP contribution in [0.15, 0.2) is 18.5 Å². The number of aliphatic hydroxyl groups is 1. The normalized spacial score (nSPS) is 23.1. The Morgan fingerprint density at radius 1 is 1.37 bits per heavy atom. The highest BCUT2D eigenvalue weighted by Crippen LogP contribution is 2.29. The number of hydrogen-bond donors (Lipinski definition) is 2. The number of aromatic nitrogens is 4. The summed E-state index contributed by atoms with van der Waals surface area (Å²) in [6, 6.07) is 0.165. The fourth-order valence-corrected chi connectivity index (χ4v) is 2.61. The van der Waals surface area contributed by atoms with Crippen LogP contribution in [0.5, 0.6) is 0 Å². The van der Waals surface area contributed by atoms with E-state index in [1.807, 2.05) is 10.6 Å². The summed E-state index contributed by atoms with van der Waals surface area (Å²) >= 11 is 6.00. The molecule has 2 heterocycles. The molecule has 19 heavy (non-hydrogen) atoms. The second kappa shape index (κ2) is 4.79. The van der Waals surface area contributed by atoms with Gasteiger partial charge in [-0.15, -0.1) is 0 Å². The number of rotatable bonds is 2. The van der Waals surface area contributed by atoms with Crippen molar-refractivity contribution in [2.75, 3.05) is 12.3 Å². The molecule has 3 rings (SSSR count). The Kier molecular flexibility index (Phi) is 3.12. The van der Waals surface area contributed by atoms with E-state index in [9.17, 15) is 0 Å². The molecule has 0 saturated carbocycles. The van der Waals surface area contributed by atoms with Gasteiger partial charge in [-0.25, -0.2) is 4.98 Å². The van der Waals surface area contributed by atoms with E-state index in [1.165, 1.54) is 0 Å². The predicted octanol–water partition coefficient (Wildman–Crippen LogP) is 1.56. The number of nitrogen functional groups attached to an aromatic ring is 1. The number of hydrogen-bond acceptors (Lipinski definition) is 5. The lowest BCUT2D eigenvalue weighted by Gasteiger charge is -2.22. The van der Waals surface area contributed by atoms with Gasteiger partial charge in [0, 0.05) is 12.5 Å². The summed E-state index contributed by atoms with van der Waals surface area (Å²) in [5, 5.41) is 9.40. The molecule has 1 unspecified atom stereocenters. The molecule has 0 fully saturated rings. The molecule has 6 nitrogen and oxygen atoms in total. The molecule has 0 spiro atoms. The molecule has 0 saturated heterocycles. The molecule has 0 aliphatic heterocycles. The lowest BCUT2D eigenvalue weighted by Crippen LogP contribution is -2.15. The number of halogens is 1. The van der Waals surface area contributed by atoms with Crippen molar-refractivity contribution in [3.63, 3.8) is 0 Å². The zero-order chi connectivity index (χ0) is 13.4. The van der Waals surface area contributed by atoms with E-state index in [0.29, 0.717) is 11.2 Å². The van der Waals surface area contributed by atoms with Crippen LogP contribution in [0.2, 0.25) is 5.15 Å². The van der Waals surface area contributed by atoms with Crippen LogP contribution < -0.4 is 5.73 Å². The zero-order valence-corrected chi connectivity index (χ0v) is 11.0. The van der Waals surface area contributed by atoms with E-state index in [4.69, 9.17) is 22.4 Å². The molecule has 2 atom stereocenters. The Morgan fingerprint density at radius 2 is 2.21 bits per heavy atom. The highest BCUT2D eigenvalue weighted by Gasteiger charge is 2.20. The molecule has 0 radical (unpaired) electrons. The predicted molar refractivity (Wildman–Crippen MR) is 72.7 cm³/mol. The van der Waals surface area contributed by atoms with Crippen LogP contribution in [0.1, 0.15) is 18.9 Å². The second-order valence-electron chi connectivity index (χ2n) is 4.67. The molecular formula is C12H14ClN5O. The van der Waals surface area contributed by atoms with Crippen molar-refractivity contribution < 1.29 is 5.11 Å². The number of aliphatic hydroxyl groups excluding tert-OH is 1. The van der Waals surface area contributed by atoms with Gasteiger partial charge in [0.15, 0.2) is 10.8 Å². The van der Waals surface area contributed by atoms with Gasteiger partial charge < -0.3 is 15.4 Å². The van der Waals surface area contributed by atoms with Gasteiger partial charge in [-0.05, 0) is 12.8 Å². The Bertz CT molecular complexity index is 638. The summed E-state index contributed by atoms with van der Waals surface area (Å²) in [5.41, 5.74) is 6.84. The average Bonchev–Trinajstić information content (AvgIpc) is 2.83. The van der Waals surface area contributed by atoms with E-state index in [2.05, 4.69) is 21.0 Å². The van der Waals surface area contributed by atoms with Crippen molar-refractivity contribution >= 4 is 28.7 Å². The molecule has 100 valence electrons. The van der Waals surface area contributed by atoms with Crippen molar-refractivity contribution in [3.8, 4) is 0 Å². The number of imidazole rings is 1. The van der Waals surface area contributed by atoms with Gasteiger partial charge in [-0.3, -0.25) is 0 Å². The van der Waals surface area contributed by atoms with E-state index in [0.717, 1.165) is 12.8 Å². The minimum Gasteiger partial charge on any atom is -0.396 e. The number of fused-ring (bicyclic) bond motifs is 1. The number of allylic oxidation sites excluding steroid dienone is 1. The van der Waals surface area contributed by atoms with Crippen LogP contribution in [-0.4, -0.2) is 31.2 Å². The summed E-state index contributed by atoms with van der Waals surface area (Å²) in [4.78, 5) is 12.3. The van der Waals surface area contributed by atoms with Crippen LogP contribution >= 0.6 is 11.6 Å². The third-order valence-electron chi connectivity index (χ3n) is 3.43. The van der Waals surface area contributed by atoms with E-state index in [-0.39, 0.29) is 29.7 Å². The Hall–Kier alpha value is -1.66. The maximum absolute atomic E-state index is 9.13. The van der Waals surface area contributed by atoms with Crippen LogP contribution in [0.3, 0.4) is 0 Å². The second-order valence-corrected chi connectivity index (χ2v) is 5.03. The number of anilines is 1. The summed E-state index contributed by atoms with van der Waals surface area (Å²) in [6.07, 6.45) is 7.67. The minimum absolute atomic E-state index is 0.146. The Labute approximate surface area is 114 Å². The van der Waals surface area contributed by atoms with Crippen molar-refractivity contribution in [2.45, 2.75) is 18.9 Å². The summed E-state index contributed by atoms with van der Waals surface area (Å²) < 4.78 is 1.95. The van der Waals surface area contributed by atoms with Crippen LogP contribution in [0.4, 0.5) is 5.95 Å². The maximum Gasteiger partial charge on any atom is 0.223 e. The molecule has 2 aromatic rings. The van der Waals surface area contributed by atoms with Crippen LogP contribution in [-0.2, 0) is 0 Å². The summed E-state index contributed by atoms with van der Waals surface area (Å²) in [7, 11) is 0. The molecule has 0 amide bonds. The maximum atomic E-state index is 9.13. The van der Waals surface area contributed by atoms with Gasteiger partial charge in [0.2, 0.25) is 5.95 Å². The van der Waals surface area contributed by atoms with Gasteiger partial charge in [-0.2, -0.15) is 9.97 Å². The van der Waals surface area contributed by atoms with Crippen molar-refractivity contribution in [1.29, 1.82) is 0 Å². The fourth-order valence-electron chi connectivity index (χ4n) is 2.39. The van der Waals surface area contributed by atoms with E-state index < -0.39 is 0 Å². The molecular weight excluding hydrogens is 266 g/mol. The topological polar surface area (TPSA) is 89.8 Å². The standard InChI is InChI=1S/C12H14ClN5O/c13-10-9-11(17-12(14)16-10)18(6-15-9)8-3-1-7(5-19)2-4-8/h1,3,6-8,19H,2,4-5H2,(H2,14,16,17)/t7-,8?/m1/s1. The van der Waals surface area contributed by atoms with Gasteiger partial charge in [0.1, 0.15) is 5.52 Å². The average molecular weight is 280 g/mol. The lowest BCUT2D eigenvalue weighted by molar-refractivity contribution is 0.235. The largest absolute Gasteiger partial charge is 0.396 e. The molecule has 1 aliphatic carbocycles. The van der Waals surface area contributed by atoms with Crippen LogP contribution in [0.25, 0.3) is 11.2 Å². The summed E-state index contributed by atoms with van der Waals surface area (Å²) in [6.45, 7) is 0.189. The van der Waals surface area contributed by atoms with Crippen molar-refractivity contribution in [1.82, 2.24) is 19.5 Å². The smallest absolute Gasteiger partial charge is 0.223 e. The van der Waals surface area contributed by atoms with Gasteiger partial charge >= 0.3 is 0 Å². The lowest BCUT2D eigenvalue weighted by atomic mass is 9.93. The minimum atomic E-state index is 0.146. The molecule has 1 aliphatic rings. The Morgan fingerprint density at radius 3 is 2.89 bits per heavy atom. The monoisotopic (exact) mass is 279 g/mol. The molecule has 3 N–H and O–H groups in total. The number of nitrogens with two attached hydrogens (primary N) is 1. The first-order valence-electron chi connectivity index (χ1n) is 6.13. The quantitative estimate of drug-likeness (QED) is 0.643. The third-order valence-corrected chi connectivity index (χ3v) is 3.69. The molecule has 0 aromatic carbocycles. The zero-order valence-electron chi connectivity index (χ0n) is 10.2. The molecule has 0 bridgehead atoms. The van der Waals surface area contributed by atoms with Crippen molar-refractivity contribution in [3.05, 3.63) is 23.6 Å². The summed E-state index contributed by atoms with van der Waals surface area (Å²) in [5.74, 6) is 0.390. The molecule has 7 heteroatoms. The SMILES string of the molecule is Nc1nc(Cl)c2ncn(C3C=C[C@@H](CO)CC3)c2n1. The Balaban J connectivity index is 2.02. The van der Waals surface area contributed by atoms with E-state index >= 15 is 0 Å². The third kappa shape index (κ3) is 2.17. The highest BCUT2D eigenvalue weighted by molar-refractivity contribution is 6.33. The van der Waals surface area contributed by atoms with Gasteiger partial charge in [-0.1, -0.05) is 23.8 Å².